The van der Waals surface area contributed by atoms with Crippen LogP contribution in [-0.4, -0.2) is 46.1 Å². The fraction of sp³-hybridized carbons (Fsp3) is 0.333. The lowest BCUT2D eigenvalue weighted by Crippen LogP contribution is -2.42. The van der Waals surface area contributed by atoms with E-state index >= 15 is 0 Å². The second-order valence-electron chi connectivity index (χ2n) is 5.93. The molecule has 1 aliphatic rings. The van der Waals surface area contributed by atoms with Crippen molar-refractivity contribution in [3.8, 4) is 0 Å². The first-order valence-corrected chi connectivity index (χ1v) is 9.67. The molecule has 1 heterocycles. The van der Waals surface area contributed by atoms with Crippen LogP contribution in [0.25, 0.3) is 0 Å². The fourth-order valence-corrected chi connectivity index (χ4v) is 3.88. The Bertz CT molecular complexity index is 799. The highest BCUT2D eigenvalue weighted by Gasteiger charge is 2.22. The minimum atomic E-state index is -3.70. The molecule has 25 heavy (non-hydrogen) atoms. The number of sulfonamides is 1. The van der Waals surface area contributed by atoms with Crippen molar-refractivity contribution in [1.29, 1.82) is 0 Å². The third-order valence-electron chi connectivity index (χ3n) is 4.15. The molecule has 2 aromatic carbocycles. The lowest BCUT2D eigenvalue weighted by Gasteiger charge is -2.33. The predicted molar refractivity (Wildman–Crippen MR) is 93.2 cm³/mol. The van der Waals surface area contributed by atoms with Gasteiger partial charge in [0.05, 0.1) is 17.6 Å². The number of ether oxygens (including phenoxy) is 1. The number of hydrogen-bond acceptors (Lipinski definition) is 4. The predicted octanol–water partition coefficient (Wildman–Crippen LogP) is 2.18. The van der Waals surface area contributed by atoms with E-state index in [0.29, 0.717) is 19.7 Å². The van der Waals surface area contributed by atoms with Crippen molar-refractivity contribution >= 4 is 10.0 Å². The molecule has 2 aromatic rings. The van der Waals surface area contributed by atoms with Crippen molar-refractivity contribution in [2.24, 2.45) is 0 Å². The van der Waals surface area contributed by atoms with E-state index in [1.165, 1.54) is 18.2 Å². The summed E-state index contributed by atoms with van der Waals surface area (Å²) in [5.41, 5.74) is 1.12. The van der Waals surface area contributed by atoms with Crippen molar-refractivity contribution in [1.82, 2.24) is 9.62 Å². The molecular formula is C18H21FN2O3S. The smallest absolute Gasteiger partial charge is 0.240 e. The summed E-state index contributed by atoms with van der Waals surface area (Å²) in [4.78, 5) is 2.10. The highest BCUT2D eigenvalue weighted by molar-refractivity contribution is 7.89. The zero-order chi connectivity index (χ0) is 17.7. The van der Waals surface area contributed by atoms with Gasteiger partial charge in [0.2, 0.25) is 10.0 Å². The topological polar surface area (TPSA) is 58.6 Å². The summed E-state index contributed by atoms with van der Waals surface area (Å²) in [6.07, 6.45) is -0.00484. The van der Waals surface area contributed by atoms with E-state index in [-0.39, 0.29) is 17.5 Å². The number of nitrogens with zero attached hydrogens (tertiary/aromatic N) is 1. The normalized spacial score (nSPS) is 19.0. The van der Waals surface area contributed by atoms with Crippen LogP contribution in [0, 0.1) is 5.82 Å². The molecule has 1 fully saturated rings. The second-order valence-corrected chi connectivity index (χ2v) is 7.69. The molecule has 1 N–H and O–H groups in total. The van der Waals surface area contributed by atoms with Gasteiger partial charge >= 0.3 is 0 Å². The highest BCUT2D eigenvalue weighted by atomic mass is 32.2. The first kappa shape index (κ1) is 18.0. The SMILES string of the molecule is O=S(=O)(NCCN1CCOC(c2ccccc2)C1)c1cccc(F)c1. The molecule has 3 rings (SSSR count). The van der Waals surface area contributed by atoms with Crippen molar-refractivity contribution in [2.75, 3.05) is 32.8 Å². The Morgan fingerprint density at radius 2 is 1.96 bits per heavy atom. The average molecular weight is 364 g/mol. The van der Waals surface area contributed by atoms with E-state index in [1.54, 1.807) is 0 Å². The van der Waals surface area contributed by atoms with Gasteiger partial charge in [0.25, 0.3) is 0 Å². The fourth-order valence-electron chi connectivity index (χ4n) is 2.83. The van der Waals surface area contributed by atoms with Gasteiger partial charge in [0.15, 0.2) is 0 Å². The van der Waals surface area contributed by atoms with E-state index in [0.717, 1.165) is 18.2 Å². The lowest BCUT2D eigenvalue weighted by molar-refractivity contribution is -0.0291. The Hall–Kier alpha value is -1.80. The highest BCUT2D eigenvalue weighted by Crippen LogP contribution is 2.21. The van der Waals surface area contributed by atoms with Crippen molar-refractivity contribution in [3.63, 3.8) is 0 Å². The van der Waals surface area contributed by atoms with E-state index in [9.17, 15) is 12.8 Å². The second kappa shape index (κ2) is 8.05. The molecule has 7 heteroatoms. The monoisotopic (exact) mass is 364 g/mol. The summed E-state index contributed by atoms with van der Waals surface area (Å²) in [5.74, 6) is -0.568. The van der Waals surface area contributed by atoms with Crippen molar-refractivity contribution in [3.05, 3.63) is 66.0 Å². The van der Waals surface area contributed by atoms with E-state index in [4.69, 9.17) is 4.74 Å². The molecule has 1 atom stereocenters. The minimum Gasteiger partial charge on any atom is -0.371 e. The Morgan fingerprint density at radius 1 is 1.16 bits per heavy atom. The summed E-state index contributed by atoms with van der Waals surface area (Å²) in [7, 11) is -3.70. The van der Waals surface area contributed by atoms with Gasteiger partial charge in [0, 0.05) is 26.2 Å². The Morgan fingerprint density at radius 3 is 2.72 bits per heavy atom. The zero-order valence-corrected chi connectivity index (χ0v) is 14.6. The van der Waals surface area contributed by atoms with Gasteiger partial charge in [-0.2, -0.15) is 0 Å². The van der Waals surface area contributed by atoms with Crippen LogP contribution >= 0.6 is 0 Å². The molecule has 0 amide bonds. The van der Waals surface area contributed by atoms with Crippen LogP contribution in [0.3, 0.4) is 0 Å². The molecule has 134 valence electrons. The quantitative estimate of drug-likeness (QED) is 0.854. The van der Waals surface area contributed by atoms with Gasteiger partial charge in [-0.15, -0.1) is 0 Å². The van der Waals surface area contributed by atoms with Crippen molar-refractivity contribution in [2.45, 2.75) is 11.0 Å². The molecule has 0 saturated carbocycles. The maximum atomic E-state index is 13.2. The molecule has 1 aliphatic heterocycles. The lowest BCUT2D eigenvalue weighted by atomic mass is 10.1. The number of benzene rings is 2. The molecule has 0 aromatic heterocycles. The molecule has 1 saturated heterocycles. The van der Waals surface area contributed by atoms with Gasteiger partial charge in [-0.1, -0.05) is 36.4 Å². The van der Waals surface area contributed by atoms with Gasteiger partial charge in [-0.3, -0.25) is 4.90 Å². The van der Waals surface area contributed by atoms with E-state index < -0.39 is 15.8 Å². The number of halogens is 1. The van der Waals surface area contributed by atoms with Crippen LogP contribution in [0.15, 0.2) is 59.5 Å². The number of rotatable bonds is 6. The molecule has 0 bridgehead atoms. The standard InChI is InChI=1S/C18H21FN2O3S/c19-16-7-4-8-17(13-16)25(22,23)20-9-10-21-11-12-24-18(14-21)15-5-2-1-3-6-15/h1-8,13,18,20H,9-12,14H2. The van der Waals surface area contributed by atoms with Crippen LogP contribution in [-0.2, 0) is 14.8 Å². The minimum absolute atomic E-state index is 0.00484. The van der Waals surface area contributed by atoms with Crippen LogP contribution in [0.2, 0.25) is 0 Å². The summed E-state index contributed by atoms with van der Waals surface area (Å²) in [6, 6.07) is 15.0. The summed E-state index contributed by atoms with van der Waals surface area (Å²) >= 11 is 0. The summed E-state index contributed by atoms with van der Waals surface area (Å²) < 4.78 is 45.9. The maximum absolute atomic E-state index is 13.2. The number of nitrogens with one attached hydrogen (secondary N) is 1. The number of hydrogen-bond donors (Lipinski definition) is 1. The Balaban J connectivity index is 1.53. The maximum Gasteiger partial charge on any atom is 0.240 e. The molecule has 1 unspecified atom stereocenters. The third-order valence-corrected chi connectivity index (χ3v) is 5.61. The Kier molecular flexibility index (Phi) is 5.80. The van der Waals surface area contributed by atoms with Gasteiger partial charge in [-0.25, -0.2) is 17.5 Å². The van der Waals surface area contributed by atoms with Crippen molar-refractivity contribution < 1.29 is 17.5 Å². The first-order valence-electron chi connectivity index (χ1n) is 8.19. The molecule has 0 spiro atoms. The van der Waals surface area contributed by atoms with Gasteiger partial charge < -0.3 is 4.74 Å². The number of morpholine rings is 1. The van der Waals surface area contributed by atoms with Gasteiger partial charge in [-0.05, 0) is 23.8 Å². The van der Waals surface area contributed by atoms with Crippen LogP contribution < -0.4 is 4.72 Å². The first-order chi connectivity index (χ1) is 12.0. The van der Waals surface area contributed by atoms with E-state index in [2.05, 4.69) is 9.62 Å². The summed E-state index contributed by atoms with van der Waals surface area (Å²) in [5, 5.41) is 0. The van der Waals surface area contributed by atoms with Crippen LogP contribution in [0.5, 0.6) is 0 Å². The Labute approximate surface area is 147 Å². The summed E-state index contributed by atoms with van der Waals surface area (Å²) in [6.45, 7) is 2.91. The molecule has 5 nitrogen and oxygen atoms in total. The largest absolute Gasteiger partial charge is 0.371 e. The average Bonchev–Trinajstić information content (AvgIpc) is 2.63. The molecule has 0 radical (unpaired) electrons. The van der Waals surface area contributed by atoms with Crippen LogP contribution in [0.4, 0.5) is 4.39 Å². The zero-order valence-electron chi connectivity index (χ0n) is 13.8. The van der Waals surface area contributed by atoms with Gasteiger partial charge in [0.1, 0.15) is 5.82 Å². The van der Waals surface area contributed by atoms with E-state index in [1.807, 2.05) is 30.3 Å². The third kappa shape index (κ3) is 4.85. The molecular weight excluding hydrogens is 343 g/mol. The van der Waals surface area contributed by atoms with Crippen LogP contribution in [0.1, 0.15) is 11.7 Å². The molecule has 0 aliphatic carbocycles.